The second-order valence-electron chi connectivity index (χ2n) is 7.63. The van der Waals surface area contributed by atoms with Crippen LogP contribution in [0.2, 0.25) is 0 Å². The van der Waals surface area contributed by atoms with Crippen LogP contribution in [0.25, 0.3) is 11.1 Å². The van der Waals surface area contributed by atoms with Gasteiger partial charge < -0.3 is 24.8 Å². The van der Waals surface area contributed by atoms with E-state index in [9.17, 15) is 14.4 Å². The number of aliphatic carboxylic acids is 1. The number of carboxylic acid groups (broad SMARTS) is 1. The van der Waals surface area contributed by atoms with Crippen LogP contribution in [-0.4, -0.2) is 66.9 Å². The lowest BCUT2D eigenvalue weighted by Gasteiger charge is -2.28. The highest BCUT2D eigenvalue weighted by atomic mass is 16.5. The van der Waals surface area contributed by atoms with Crippen molar-refractivity contribution in [1.82, 2.24) is 10.2 Å². The number of nitrogens with one attached hydrogen (secondary N) is 1. The molecule has 2 aromatic carbocycles. The molecule has 0 bridgehead atoms. The summed E-state index contributed by atoms with van der Waals surface area (Å²) in [6.45, 7) is 3.12. The average Bonchev–Trinajstić information content (AvgIpc) is 3.12. The van der Waals surface area contributed by atoms with E-state index < -0.39 is 36.7 Å². The molecular weight excluding hydrogens is 412 g/mol. The summed E-state index contributed by atoms with van der Waals surface area (Å²) < 4.78 is 10.8. The molecule has 32 heavy (non-hydrogen) atoms. The molecule has 1 aliphatic carbocycles. The van der Waals surface area contributed by atoms with Gasteiger partial charge in [0.05, 0.1) is 6.10 Å². The zero-order valence-electron chi connectivity index (χ0n) is 18.4. The van der Waals surface area contributed by atoms with Gasteiger partial charge in [0, 0.05) is 19.6 Å². The summed E-state index contributed by atoms with van der Waals surface area (Å²) in [5.74, 6) is -1.79. The Morgan fingerprint density at radius 3 is 2.12 bits per heavy atom. The van der Waals surface area contributed by atoms with Crippen molar-refractivity contribution < 1.29 is 29.0 Å². The fourth-order valence-electron chi connectivity index (χ4n) is 3.99. The van der Waals surface area contributed by atoms with E-state index in [1.807, 2.05) is 48.5 Å². The van der Waals surface area contributed by atoms with E-state index >= 15 is 0 Å². The molecule has 0 aromatic heterocycles. The van der Waals surface area contributed by atoms with Gasteiger partial charge in [-0.25, -0.2) is 4.79 Å². The van der Waals surface area contributed by atoms with Gasteiger partial charge in [-0.05, 0) is 36.1 Å². The Balaban J connectivity index is 1.71. The topological polar surface area (TPSA) is 105 Å². The number of ether oxygens (including phenoxy) is 2. The predicted molar refractivity (Wildman–Crippen MR) is 118 cm³/mol. The smallest absolute Gasteiger partial charge is 0.407 e. The van der Waals surface area contributed by atoms with Gasteiger partial charge >= 0.3 is 12.1 Å². The number of amides is 2. The van der Waals surface area contributed by atoms with Gasteiger partial charge in [-0.3, -0.25) is 9.59 Å². The Bertz CT molecular complexity index is 946. The first-order valence-electron chi connectivity index (χ1n) is 10.5. The number of likely N-dealkylation sites (N-methyl/N-ethyl adjacent to an activating group) is 1. The summed E-state index contributed by atoms with van der Waals surface area (Å²) in [4.78, 5) is 37.7. The molecule has 0 radical (unpaired) electrons. The first-order chi connectivity index (χ1) is 15.4. The normalized spacial score (nSPS) is 14.1. The minimum atomic E-state index is -1.13. The van der Waals surface area contributed by atoms with Gasteiger partial charge in [-0.15, -0.1) is 0 Å². The van der Waals surface area contributed by atoms with E-state index in [1.165, 1.54) is 7.11 Å². The molecule has 8 heteroatoms. The van der Waals surface area contributed by atoms with Crippen LogP contribution < -0.4 is 5.32 Å². The van der Waals surface area contributed by atoms with Crippen molar-refractivity contribution in [2.24, 2.45) is 0 Å². The summed E-state index contributed by atoms with van der Waals surface area (Å²) in [7, 11) is 1.41. The van der Waals surface area contributed by atoms with Gasteiger partial charge in [0.2, 0.25) is 5.91 Å². The number of alkyl carbamates (subject to hydrolysis) is 1. The van der Waals surface area contributed by atoms with Crippen LogP contribution in [0.5, 0.6) is 0 Å². The molecule has 3 rings (SSSR count). The minimum Gasteiger partial charge on any atom is -0.480 e. The fraction of sp³-hybridized carbons (Fsp3) is 0.375. The van der Waals surface area contributed by atoms with E-state index in [1.54, 1.807) is 13.8 Å². The van der Waals surface area contributed by atoms with E-state index in [4.69, 9.17) is 14.6 Å². The van der Waals surface area contributed by atoms with Crippen LogP contribution in [0.4, 0.5) is 4.79 Å². The van der Waals surface area contributed by atoms with Gasteiger partial charge in [0.25, 0.3) is 0 Å². The number of carbonyl (C=O) groups excluding carboxylic acids is 2. The number of hydrogen-bond donors (Lipinski definition) is 2. The highest BCUT2D eigenvalue weighted by Crippen LogP contribution is 2.44. The molecule has 2 aromatic rings. The quantitative estimate of drug-likeness (QED) is 0.621. The van der Waals surface area contributed by atoms with Crippen LogP contribution in [0.1, 0.15) is 30.9 Å². The molecule has 0 saturated heterocycles. The summed E-state index contributed by atoms with van der Waals surface area (Å²) in [5, 5.41) is 11.6. The summed E-state index contributed by atoms with van der Waals surface area (Å²) >= 11 is 0. The Morgan fingerprint density at radius 1 is 1.06 bits per heavy atom. The zero-order chi connectivity index (χ0) is 23.3. The maximum Gasteiger partial charge on any atom is 0.407 e. The first kappa shape index (κ1) is 23.3. The van der Waals surface area contributed by atoms with Gasteiger partial charge in [-0.2, -0.15) is 0 Å². The molecule has 170 valence electrons. The highest BCUT2D eigenvalue weighted by Gasteiger charge is 2.33. The van der Waals surface area contributed by atoms with E-state index in [2.05, 4.69) is 5.32 Å². The van der Waals surface area contributed by atoms with Crippen LogP contribution in [0.15, 0.2) is 48.5 Å². The predicted octanol–water partition coefficient (Wildman–Crippen LogP) is 2.86. The van der Waals surface area contributed by atoms with Crippen molar-refractivity contribution in [2.75, 3.05) is 26.8 Å². The van der Waals surface area contributed by atoms with Crippen molar-refractivity contribution in [3.63, 3.8) is 0 Å². The Labute approximate surface area is 187 Å². The van der Waals surface area contributed by atoms with Crippen molar-refractivity contribution in [1.29, 1.82) is 0 Å². The Hall–Kier alpha value is -3.39. The van der Waals surface area contributed by atoms with E-state index in [-0.39, 0.29) is 19.1 Å². The van der Waals surface area contributed by atoms with Crippen molar-refractivity contribution >= 4 is 18.0 Å². The van der Waals surface area contributed by atoms with Crippen LogP contribution in [0, 0.1) is 0 Å². The fourth-order valence-corrected chi connectivity index (χ4v) is 3.99. The number of carbonyl (C=O) groups is 3. The Kier molecular flexibility index (Phi) is 7.48. The monoisotopic (exact) mass is 440 g/mol. The standard InChI is InChI=1S/C24H28N2O6/c1-4-26(13-21(27)28)23(29)22(15(2)31-3)25-24(30)32-14-20-18-11-7-5-9-16(18)17-10-6-8-12-19(17)20/h5-12,15,20,22H,4,13-14H2,1-3H3,(H,25,30)(H,27,28)/t15-,22+/m1/s1. The van der Waals surface area contributed by atoms with Gasteiger partial charge in [0.15, 0.2) is 0 Å². The number of methoxy groups -OCH3 is 1. The maximum atomic E-state index is 12.8. The van der Waals surface area contributed by atoms with Crippen molar-refractivity contribution in [3.8, 4) is 11.1 Å². The molecule has 8 nitrogen and oxygen atoms in total. The molecule has 1 aliphatic rings. The SMILES string of the molecule is CCN(CC(=O)O)C(=O)[C@@H](NC(=O)OCC1c2ccccc2-c2ccccc21)[C@@H](C)OC. The zero-order valence-corrected chi connectivity index (χ0v) is 18.4. The lowest BCUT2D eigenvalue weighted by Crippen LogP contribution is -2.55. The van der Waals surface area contributed by atoms with E-state index in [0.717, 1.165) is 27.2 Å². The molecule has 2 atom stereocenters. The number of nitrogens with zero attached hydrogens (tertiary/aromatic N) is 1. The lowest BCUT2D eigenvalue weighted by atomic mass is 9.98. The number of rotatable bonds is 9. The van der Waals surface area contributed by atoms with Crippen LogP contribution in [0.3, 0.4) is 0 Å². The second kappa shape index (κ2) is 10.3. The number of carboxylic acids is 1. The largest absolute Gasteiger partial charge is 0.480 e. The maximum absolute atomic E-state index is 12.8. The molecule has 0 heterocycles. The molecule has 0 saturated carbocycles. The summed E-state index contributed by atoms with van der Waals surface area (Å²) in [5.41, 5.74) is 4.40. The van der Waals surface area contributed by atoms with E-state index in [0.29, 0.717) is 0 Å². The second-order valence-corrected chi connectivity index (χ2v) is 7.63. The molecule has 0 fully saturated rings. The lowest BCUT2D eigenvalue weighted by molar-refractivity contribution is -0.146. The van der Waals surface area contributed by atoms with Gasteiger partial charge in [-0.1, -0.05) is 48.5 Å². The molecule has 0 unspecified atom stereocenters. The molecular formula is C24H28N2O6. The summed E-state index contributed by atoms with van der Waals surface area (Å²) in [6, 6.07) is 14.9. The number of hydrogen-bond acceptors (Lipinski definition) is 5. The van der Waals surface area contributed by atoms with Crippen LogP contribution >= 0.6 is 0 Å². The molecule has 2 amide bonds. The highest BCUT2D eigenvalue weighted by molar-refractivity contribution is 5.88. The number of benzene rings is 2. The van der Waals surface area contributed by atoms with Crippen molar-refractivity contribution in [3.05, 3.63) is 59.7 Å². The van der Waals surface area contributed by atoms with Crippen molar-refractivity contribution in [2.45, 2.75) is 31.9 Å². The molecule has 0 aliphatic heterocycles. The summed E-state index contributed by atoms with van der Waals surface area (Å²) in [6.07, 6.45) is -1.44. The van der Waals surface area contributed by atoms with Gasteiger partial charge in [0.1, 0.15) is 19.2 Å². The first-order valence-corrected chi connectivity index (χ1v) is 10.5. The third-order valence-electron chi connectivity index (χ3n) is 5.74. The number of fused-ring (bicyclic) bond motifs is 3. The Morgan fingerprint density at radius 2 is 1.62 bits per heavy atom. The third-order valence-corrected chi connectivity index (χ3v) is 5.74. The molecule has 0 spiro atoms. The third kappa shape index (κ3) is 4.91. The van der Waals surface area contributed by atoms with Crippen LogP contribution in [-0.2, 0) is 19.1 Å². The minimum absolute atomic E-state index is 0.106. The molecule has 2 N–H and O–H groups in total. The average molecular weight is 440 g/mol.